The first-order valence-electron chi connectivity index (χ1n) is 8.25. The molecule has 1 aliphatic heterocycles. The van der Waals surface area contributed by atoms with Crippen LogP contribution in [0.4, 0.5) is 0 Å². The van der Waals surface area contributed by atoms with Crippen molar-refractivity contribution < 1.29 is 4.79 Å². The second kappa shape index (κ2) is 7.58. The summed E-state index contributed by atoms with van der Waals surface area (Å²) in [7, 11) is 0. The molecule has 1 aromatic carbocycles. The van der Waals surface area contributed by atoms with Gasteiger partial charge in [0.1, 0.15) is 18.2 Å². The van der Waals surface area contributed by atoms with Crippen molar-refractivity contribution in [3.05, 3.63) is 67.4 Å². The molecule has 1 saturated heterocycles. The third kappa shape index (κ3) is 3.86. The normalized spacial score (nSPS) is 14.8. The van der Waals surface area contributed by atoms with Crippen molar-refractivity contribution in [3.63, 3.8) is 0 Å². The van der Waals surface area contributed by atoms with Gasteiger partial charge < -0.3 is 4.90 Å². The number of hydrogen-bond acceptors (Lipinski definition) is 4. The Labute approximate surface area is 154 Å². The van der Waals surface area contributed by atoms with Gasteiger partial charge in [-0.3, -0.25) is 19.1 Å². The third-order valence-electron chi connectivity index (χ3n) is 4.63. The Balaban J connectivity index is 1.64. The lowest BCUT2D eigenvalue weighted by Crippen LogP contribution is -2.42. The Morgan fingerprint density at radius 1 is 1.23 bits per heavy atom. The number of carbonyl (C=O) groups is 1. The monoisotopic (exact) mass is 372 g/mol. The number of likely N-dealkylation sites (tertiary alicyclic amines) is 1. The molecule has 0 aliphatic carbocycles. The average Bonchev–Trinajstić information content (AvgIpc) is 2.64. The van der Waals surface area contributed by atoms with Gasteiger partial charge in [0.2, 0.25) is 5.91 Å². The molecule has 1 aromatic heterocycles. The Hall–Kier alpha value is -2.85. The fourth-order valence-electron chi connectivity index (χ4n) is 3.15. The van der Waals surface area contributed by atoms with Crippen LogP contribution in [0.2, 0.25) is 5.02 Å². The molecule has 0 saturated carbocycles. The maximum atomic E-state index is 12.5. The minimum atomic E-state index is -0.745. The number of carbonyl (C=O) groups excluding carboxylic acids is 1. The maximum absolute atomic E-state index is 12.5. The second-order valence-electron chi connectivity index (χ2n) is 6.25. The largest absolute Gasteiger partial charge is 0.341 e. The maximum Gasteiger partial charge on any atom is 0.328 e. The summed E-state index contributed by atoms with van der Waals surface area (Å²) >= 11 is 5.91. The lowest BCUT2D eigenvalue weighted by atomic mass is 9.89. The van der Waals surface area contributed by atoms with Gasteiger partial charge in [0.25, 0.3) is 5.56 Å². The van der Waals surface area contributed by atoms with E-state index in [9.17, 15) is 14.4 Å². The zero-order valence-corrected chi connectivity index (χ0v) is 14.7. The van der Waals surface area contributed by atoms with Crippen molar-refractivity contribution in [3.8, 4) is 6.07 Å². The first kappa shape index (κ1) is 18.0. The molecule has 2 heterocycles. The number of benzene rings is 1. The zero-order chi connectivity index (χ0) is 18.7. The summed E-state index contributed by atoms with van der Waals surface area (Å²) in [6.45, 7) is 0.987. The summed E-state index contributed by atoms with van der Waals surface area (Å²) in [5, 5.41) is 9.58. The smallest absolute Gasteiger partial charge is 0.328 e. The van der Waals surface area contributed by atoms with Crippen LogP contribution in [-0.4, -0.2) is 33.4 Å². The van der Waals surface area contributed by atoms with E-state index in [1.807, 2.05) is 29.2 Å². The average molecular weight is 373 g/mol. The number of nitrogens with zero attached hydrogens (tertiary/aromatic N) is 3. The van der Waals surface area contributed by atoms with Gasteiger partial charge in [-0.25, -0.2) is 4.79 Å². The van der Waals surface area contributed by atoms with Gasteiger partial charge in [0.05, 0.1) is 0 Å². The number of nitrogens with one attached hydrogen (secondary N) is 1. The third-order valence-corrected chi connectivity index (χ3v) is 4.88. The van der Waals surface area contributed by atoms with E-state index in [1.165, 1.54) is 5.56 Å². The topological polar surface area (TPSA) is 99.0 Å². The molecule has 0 bridgehead atoms. The lowest BCUT2D eigenvalue weighted by Gasteiger charge is -2.32. The minimum absolute atomic E-state index is 0.196. The van der Waals surface area contributed by atoms with E-state index in [-0.39, 0.29) is 18.0 Å². The second-order valence-corrected chi connectivity index (χ2v) is 6.68. The number of halogens is 1. The number of nitriles is 1. The molecule has 0 radical (unpaired) electrons. The highest BCUT2D eigenvalue weighted by Crippen LogP contribution is 2.28. The molecule has 2 aromatic rings. The Kier molecular flexibility index (Phi) is 5.24. The van der Waals surface area contributed by atoms with Crippen LogP contribution in [0.25, 0.3) is 0 Å². The van der Waals surface area contributed by atoms with E-state index in [4.69, 9.17) is 16.9 Å². The highest BCUT2D eigenvalue weighted by molar-refractivity contribution is 6.30. The summed E-state index contributed by atoms with van der Waals surface area (Å²) in [4.78, 5) is 39.4. The van der Waals surface area contributed by atoms with Gasteiger partial charge in [-0.2, -0.15) is 5.26 Å². The SMILES string of the molecule is N#Cc1cn(CC(=O)N2CCC(c3ccc(Cl)cc3)CC2)c(=O)[nH]c1=O. The molecule has 0 unspecified atom stereocenters. The molecule has 1 aliphatic rings. The minimum Gasteiger partial charge on any atom is -0.341 e. The van der Waals surface area contributed by atoms with Crippen LogP contribution in [0.3, 0.4) is 0 Å². The van der Waals surface area contributed by atoms with Crippen LogP contribution in [0.15, 0.2) is 40.1 Å². The van der Waals surface area contributed by atoms with E-state index in [2.05, 4.69) is 0 Å². The number of H-pyrrole nitrogens is 1. The number of aromatic amines is 1. The number of rotatable bonds is 3. The van der Waals surface area contributed by atoms with Gasteiger partial charge in [-0.1, -0.05) is 23.7 Å². The summed E-state index contributed by atoms with van der Waals surface area (Å²) in [6.07, 6.45) is 2.79. The van der Waals surface area contributed by atoms with Crippen molar-refractivity contribution in [2.45, 2.75) is 25.3 Å². The molecule has 1 N–H and O–H groups in total. The molecule has 8 heteroatoms. The van der Waals surface area contributed by atoms with Gasteiger partial charge in [0.15, 0.2) is 0 Å². The van der Waals surface area contributed by atoms with Crippen LogP contribution in [0, 0.1) is 11.3 Å². The highest BCUT2D eigenvalue weighted by atomic mass is 35.5. The molecule has 1 amide bonds. The number of piperidine rings is 1. The van der Waals surface area contributed by atoms with Gasteiger partial charge in [0, 0.05) is 24.3 Å². The predicted octanol–water partition coefficient (Wildman–Crippen LogP) is 1.47. The standard InChI is InChI=1S/C18H17ClN4O3/c19-15-3-1-12(2-4-15)13-5-7-22(8-6-13)16(24)11-23-10-14(9-20)17(25)21-18(23)26/h1-4,10,13H,5-8,11H2,(H,21,25,26). The van der Waals surface area contributed by atoms with Gasteiger partial charge >= 0.3 is 5.69 Å². The summed E-state index contributed by atoms with van der Waals surface area (Å²) in [6, 6.07) is 9.45. The number of aromatic nitrogens is 2. The summed E-state index contributed by atoms with van der Waals surface area (Å²) in [5.41, 5.74) is -0.431. The van der Waals surface area contributed by atoms with E-state index >= 15 is 0 Å². The summed E-state index contributed by atoms with van der Waals surface area (Å²) < 4.78 is 1.06. The molecule has 134 valence electrons. The van der Waals surface area contributed by atoms with Gasteiger partial charge in [-0.05, 0) is 36.5 Å². The van der Waals surface area contributed by atoms with Gasteiger partial charge in [-0.15, -0.1) is 0 Å². The van der Waals surface area contributed by atoms with Crippen molar-refractivity contribution in [2.75, 3.05) is 13.1 Å². The molecular weight excluding hydrogens is 356 g/mol. The van der Waals surface area contributed by atoms with Crippen LogP contribution in [-0.2, 0) is 11.3 Å². The quantitative estimate of drug-likeness (QED) is 0.881. The van der Waals surface area contributed by atoms with Crippen LogP contribution < -0.4 is 11.2 Å². The van der Waals surface area contributed by atoms with Crippen molar-refractivity contribution >= 4 is 17.5 Å². The fourth-order valence-corrected chi connectivity index (χ4v) is 3.28. The molecule has 0 spiro atoms. The van der Waals surface area contributed by atoms with Crippen molar-refractivity contribution in [1.29, 1.82) is 5.26 Å². The summed E-state index contributed by atoms with van der Waals surface area (Å²) in [5.74, 6) is 0.162. The Bertz CT molecular complexity index is 964. The molecule has 1 fully saturated rings. The van der Waals surface area contributed by atoms with Crippen molar-refractivity contribution in [1.82, 2.24) is 14.5 Å². The highest BCUT2D eigenvalue weighted by Gasteiger charge is 2.24. The van der Waals surface area contributed by atoms with E-state index < -0.39 is 11.2 Å². The lowest BCUT2D eigenvalue weighted by molar-refractivity contribution is -0.133. The van der Waals surface area contributed by atoms with E-state index in [0.717, 1.165) is 23.6 Å². The number of amides is 1. The van der Waals surface area contributed by atoms with Crippen molar-refractivity contribution in [2.24, 2.45) is 0 Å². The van der Waals surface area contributed by atoms with Crippen LogP contribution in [0.5, 0.6) is 0 Å². The molecule has 7 nitrogen and oxygen atoms in total. The molecule has 3 rings (SSSR count). The van der Waals surface area contributed by atoms with E-state index in [1.54, 1.807) is 11.0 Å². The molecule has 0 atom stereocenters. The Morgan fingerprint density at radius 3 is 2.50 bits per heavy atom. The number of hydrogen-bond donors (Lipinski definition) is 1. The zero-order valence-electron chi connectivity index (χ0n) is 13.9. The Morgan fingerprint density at radius 2 is 1.88 bits per heavy atom. The van der Waals surface area contributed by atoms with E-state index in [0.29, 0.717) is 24.0 Å². The molecule has 26 heavy (non-hydrogen) atoms. The van der Waals surface area contributed by atoms with Crippen LogP contribution in [0.1, 0.15) is 29.9 Å². The van der Waals surface area contributed by atoms with Crippen LogP contribution >= 0.6 is 11.6 Å². The molecular formula is C18H17ClN4O3. The fraction of sp³-hybridized carbons (Fsp3) is 0.333. The predicted molar refractivity (Wildman–Crippen MR) is 96.0 cm³/mol. The first-order chi connectivity index (χ1) is 12.5. The first-order valence-corrected chi connectivity index (χ1v) is 8.63.